The van der Waals surface area contributed by atoms with Crippen molar-refractivity contribution in [3.63, 3.8) is 0 Å². The van der Waals surface area contributed by atoms with Crippen LogP contribution in [0.4, 0.5) is 0 Å². The number of rotatable bonds is 7. The molecule has 0 aliphatic rings. The third kappa shape index (κ3) is 7.07. The lowest BCUT2D eigenvalue weighted by atomic mass is 10.4. The van der Waals surface area contributed by atoms with E-state index in [2.05, 4.69) is 6.58 Å². The molecular formula is C10H17O4Si. The van der Waals surface area contributed by atoms with Gasteiger partial charge >= 0.3 is 15.3 Å². The van der Waals surface area contributed by atoms with Gasteiger partial charge in [0, 0.05) is 18.8 Å². The van der Waals surface area contributed by atoms with Crippen LogP contribution >= 0.6 is 0 Å². The average molecular weight is 229 g/mol. The van der Waals surface area contributed by atoms with Crippen LogP contribution in [0.3, 0.4) is 0 Å². The largest absolute Gasteiger partial charge is 0.432 e. The zero-order chi connectivity index (χ0) is 11.7. The summed E-state index contributed by atoms with van der Waals surface area (Å²) in [4.78, 5) is 11.0. The van der Waals surface area contributed by atoms with Gasteiger partial charge in [-0.2, -0.15) is 0 Å². The maximum atomic E-state index is 11.0. The van der Waals surface area contributed by atoms with Crippen molar-refractivity contribution in [2.24, 2.45) is 0 Å². The molecule has 1 radical (unpaired) electrons. The number of esters is 1. The molecule has 0 saturated heterocycles. The first-order valence-corrected chi connectivity index (χ1v) is 6.16. The first kappa shape index (κ1) is 14.1. The summed E-state index contributed by atoms with van der Waals surface area (Å²) >= 11 is 0. The van der Waals surface area contributed by atoms with Gasteiger partial charge in [0.05, 0.1) is 6.26 Å². The third-order valence-electron chi connectivity index (χ3n) is 1.30. The van der Waals surface area contributed by atoms with Crippen LogP contribution < -0.4 is 0 Å². The van der Waals surface area contributed by atoms with E-state index in [1.807, 2.05) is 13.8 Å². The minimum Gasteiger partial charge on any atom is -0.432 e. The van der Waals surface area contributed by atoms with Crippen LogP contribution in [0.25, 0.3) is 0 Å². The lowest BCUT2D eigenvalue weighted by molar-refractivity contribution is -0.133. The SMILES string of the molecule is C=C(C)C(=O)O/C=C/[Si](OCC)OCC. The minimum absolute atomic E-state index is 0.362. The summed E-state index contributed by atoms with van der Waals surface area (Å²) in [5.41, 5.74) is 2.00. The highest BCUT2D eigenvalue weighted by Crippen LogP contribution is 1.96. The second-order valence-electron chi connectivity index (χ2n) is 2.67. The summed E-state index contributed by atoms with van der Waals surface area (Å²) in [6.07, 6.45) is 1.30. The van der Waals surface area contributed by atoms with E-state index in [4.69, 9.17) is 13.6 Å². The highest BCUT2D eigenvalue weighted by Gasteiger charge is 2.10. The number of carbonyl (C=O) groups is 1. The van der Waals surface area contributed by atoms with Gasteiger partial charge in [-0.15, -0.1) is 0 Å². The van der Waals surface area contributed by atoms with Crippen LogP contribution in [-0.4, -0.2) is 28.5 Å². The van der Waals surface area contributed by atoms with Crippen LogP contribution in [0.15, 0.2) is 24.1 Å². The monoisotopic (exact) mass is 229 g/mol. The lowest BCUT2D eigenvalue weighted by Gasteiger charge is -2.07. The standard InChI is InChI=1S/C10H17O4Si/c1-5-13-15(14-6-2)8-7-12-10(11)9(3)4/h7-8H,3,5-6H2,1-2,4H3/b8-7+. The Balaban J connectivity index is 3.98. The molecular weight excluding hydrogens is 212 g/mol. The van der Waals surface area contributed by atoms with Crippen molar-refractivity contribution >= 4 is 15.3 Å². The van der Waals surface area contributed by atoms with Crippen LogP contribution in [0, 0.1) is 0 Å². The Morgan fingerprint density at radius 1 is 1.33 bits per heavy atom. The van der Waals surface area contributed by atoms with Gasteiger partial charge in [-0.3, -0.25) is 0 Å². The molecule has 0 saturated carbocycles. The highest BCUT2D eigenvalue weighted by atomic mass is 28.3. The maximum Gasteiger partial charge on any atom is 0.418 e. The lowest BCUT2D eigenvalue weighted by Crippen LogP contribution is -2.20. The smallest absolute Gasteiger partial charge is 0.418 e. The second-order valence-corrected chi connectivity index (χ2v) is 4.22. The first-order chi connectivity index (χ1) is 7.11. The molecule has 0 aromatic carbocycles. The summed E-state index contributed by atoms with van der Waals surface area (Å²) in [6, 6.07) is 0. The molecule has 15 heavy (non-hydrogen) atoms. The van der Waals surface area contributed by atoms with Crippen molar-refractivity contribution in [2.75, 3.05) is 13.2 Å². The van der Waals surface area contributed by atoms with E-state index >= 15 is 0 Å². The first-order valence-electron chi connectivity index (χ1n) is 4.77. The van der Waals surface area contributed by atoms with Crippen LogP contribution in [-0.2, 0) is 18.4 Å². The molecule has 0 amide bonds. The van der Waals surface area contributed by atoms with E-state index in [-0.39, 0.29) is 0 Å². The van der Waals surface area contributed by atoms with E-state index in [1.165, 1.54) is 6.26 Å². The van der Waals surface area contributed by atoms with Gasteiger partial charge in [0.1, 0.15) is 0 Å². The van der Waals surface area contributed by atoms with E-state index in [1.54, 1.807) is 12.6 Å². The molecule has 0 unspecified atom stereocenters. The fourth-order valence-corrected chi connectivity index (χ4v) is 1.70. The van der Waals surface area contributed by atoms with Gasteiger partial charge in [0.2, 0.25) is 0 Å². The van der Waals surface area contributed by atoms with Gasteiger partial charge in [0.15, 0.2) is 0 Å². The van der Waals surface area contributed by atoms with Crippen LogP contribution in [0.2, 0.25) is 0 Å². The van der Waals surface area contributed by atoms with E-state index in [9.17, 15) is 4.79 Å². The van der Waals surface area contributed by atoms with E-state index in [0.29, 0.717) is 18.8 Å². The van der Waals surface area contributed by atoms with Gasteiger partial charge < -0.3 is 13.6 Å². The summed E-state index contributed by atoms with van der Waals surface area (Å²) in [7, 11) is -1.45. The Morgan fingerprint density at radius 3 is 2.27 bits per heavy atom. The molecule has 0 atom stereocenters. The normalized spacial score (nSPS) is 10.9. The Bertz CT molecular complexity index is 232. The van der Waals surface area contributed by atoms with E-state index in [0.717, 1.165) is 0 Å². The topological polar surface area (TPSA) is 44.8 Å². The molecule has 0 spiro atoms. The Kier molecular flexibility index (Phi) is 7.89. The number of hydrogen-bond donors (Lipinski definition) is 0. The molecule has 0 aliphatic heterocycles. The quantitative estimate of drug-likeness (QED) is 0.288. The van der Waals surface area contributed by atoms with Crippen molar-refractivity contribution < 1.29 is 18.4 Å². The zero-order valence-electron chi connectivity index (χ0n) is 9.41. The maximum absolute atomic E-state index is 11.0. The molecule has 0 heterocycles. The molecule has 0 rings (SSSR count). The number of hydrogen-bond acceptors (Lipinski definition) is 4. The predicted molar refractivity (Wildman–Crippen MR) is 59.1 cm³/mol. The fourth-order valence-electron chi connectivity index (χ4n) is 0.674. The van der Waals surface area contributed by atoms with Gasteiger partial charge in [0.25, 0.3) is 0 Å². The summed E-state index contributed by atoms with van der Waals surface area (Å²) in [5.74, 6) is -0.444. The minimum atomic E-state index is -1.45. The fraction of sp³-hybridized carbons (Fsp3) is 0.500. The van der Waals surface area contributed by atoms with Gasteiger partial charge in [-0.1, -0.05) is 6.58 Å². The van der Waals surface area contributed by atoms with Gasteiger partial charge in [-0.25, -0.2) is 4.79 Å². The predicted octanol–water partition coefficient (Wildman–Crippen LogP) is 1.72. The Labute approximate surface area is 92.4 Å². The van der Waals surface area contributed by atoms with Crippen molar-refractivity contribution in [3.05, 3.63) is 24.1 Å². The molecule has 85 valence electrons. The number of ether oxygens (including phenoxy) is 1. The van der Waals surface area contributed by atoms with Crippen molar-refractivity contribution in [1.82, 2.24) is 0 Å². The zero-order valence-corrected chi connectivity index (χ0v) is 10.4. The van der Waals surface area contributed by atoms with Crippen molar-refractivity contribution in [1.29, 1.82) is 0 Å². The van der Waals surface area contributed by atoms with E-state index < -0.39 is 15.3 Å². The molecule has 0 N–H and O–H groups in total. The molecule has 5 heteroatoms. The van der Waals surface area contributed by atoms with Crippen LogP contribution in [0.1, 0.15) is 20.8 Å². The molecule has 4 nitrogen and oxygen atoms in total. The summed E-state index contributed by atoms with van der Waals surface area (Å²) in [5, 5.41) is 0. The Hall–Kier alpha value is -0.913. The van der Waals surface area contributed by atoms with Crippen LogP contribution in [0.5, 0.6) is 0 Å². The molecule has 0 bridgehead atoms. The van der Waals surface area contributed by atoms with Crippen molar-refractivity contribution in [2.45, 2.75) is 20.8 Å². The third-order valence-corrected chi connectivity index (χ3v) is 2.86. The average Bonchev–Trinajstić information content (AvgIpc) is 2.18. The number of carbonyl (C=O) groups excluding carboxylic acids is 1. The molecule has 0 aliphatic carbocycles. The summed E-state index contributed by atoms with van der Waals surface area (Å²) in [6.45, 7) is 9.98. The molecule has 0 fully saturated rings. The summed E-state index contributed by atoms with van der Waals surface area (Å²) < 4.78 is 15.4. The molecule has 0 aromatic rings. The molecule has 0 aromatic heterocycles. The second kappa shape index (κ2) is 8.40. The highest BCUT2D eigenvalue weighted by molar-refractivity contribution is 6.50. The Morgan fingerprint density at radius 2 is 1.87 bits per heavy atom. The van der Waals surface area contributed by atoms with Crippen molar-refractivity contribution in [3.8, 4) is 0 Å². The van der Waals surface area contributed by atoms with Gasteiger partial charge in [-0.05, 0) is 26.5 Å².